The third-order valence-electron chi connectivity index (χ3n) is 4.24. The van der Waals surface area contributed by atoms with Crippen LogP contribution in [0.3, 0.4) is 0 Å². The molecule has 1 unspecified atom stereocenters. The molecule has 2 N–H and O–H groups in total. The number of thiophene rings is 1. The van der Waals surface area contributed by atoms with Crippen molar-refractivity contribution < 1.29 is 8.42 Å². The zero-order chi connectivity index (χ0) is 18.7. The van der Waals surface area contributed by atoms with Crippen molar-refractivity contribution in [3.63, 3.8) is 0 Å². The molecule has 1 aromatic carbocycles. The van der Waals surface area contributed by atoms with E-state index < -0.39 is 10.0 Å². The molecular formula is C18H22N4O2S2. The van der Waals surface area contributed by atoms with Crippen molar-refractivity contribution in [2.45, 2.75) is 24.4 Å². The van der Waals surface area contributed by atoms with Crippen LogP contribution in [0, 0.1) is 0 Å². The maximum absolute atomic E-state index is 12.1. The Bertz CT molecular complexity index is 946. The van der Waals surface area contributed by atoms with Crippen molar-refractivity contribution in [2.24, 2.45) is 0 Å². The van der Waals surface area contributed by atoms with Crippen molar-refractivity contribution in [3.05, 3.63) is 59.1 Å². The molecule has 0 aliphatic rings. The van der Waals surface area contributed by atoms with Gasteiger partial charge in [-0.1, -0.05) is 18.2 Å². The van der Waals surface area contributed by atoms with E-state index in [0.717, 1.165) is 21.7 Å². The van der Waals surface area contributed by atoms with Crippen molar-refractivity contribution in [1.29, 1.82) is 0 Å². The van der Waals surface area contributed by atoms with E-state index in [1.807, 2.05) is 29.8 Å². The summed E-state index contributed by atoms with van der Waals surface area (Å²) in [6, 6.07) is 11.2. The van der Waals surface area contributed by atoms with Crippen LogP contribution in [0.15, 0.2) is 52.9 Å². The predicted molar refractivity (Wildman–Crippen MR) is 104 cm³/mol. The lowest BCUT2D eigenvalue weighted by Crippen LogP contribution is -2.22. The highest BCUT2D eigenvalue weighted by molar-refractivity contribution is 7.89. The zero-order valence-corrected chi connectivity index (χ0v) is 16.6. The maximum Gasteiger partial charge on any atom is 0.242 e. The molecule has 2 heterocycles. The van der Waals surface area contributed by atoms with Crippen LogP contribution in [0.5, 0.6) is 0 Å². The summed E-state index contributed by atoms with van der Waals surface area (Å²) in [4.78, 5) is 1.46. The average Bonchev–Trinajstić information content (AvgIpc) is 3.30. The lowest BCUT2D eigenvalue weighted by molar-refractivity contribution is 0.520. The fraction of sp³-hybridized carbons (Fsp3) is 0.278. The Morgan fingerprint density at radius 1 is 1.23 bits per heavy atom. The van der Waals surface area contributed by atoms with E-state index in [0.29, 0.717) is 11.4 Å². The molecule has 3 aromatic rings. The molecule has 0 fully saturated rings. The number of nitrogens with zero attached hydrogens (tertiary/aromatic N) is 2. The zero-order valence-electron chi connectivity index (χ0n) is 14.9. The number of sulfonamides is 1. The van der Waals surface area contributed by atoms with E-state index in [-0.39, 0.29) is 6.04 Å². The molecule has 0 spiro atoms. The van der Waals surface area contributed by atoms with Gasteiger partial charge >= 0.3 is 0 Å². The minimum absolute atomic E-state index is 0.0807. The van der Waals surface area contributed by atoms with Crippen LogP contribution in [0.4, 0.5) is 0 Å². The van der Waals surface area contributed by atoms with Crippen LogP contribution in [-0.2, 0) is 16.6 Å². The van der Waals surface area contributed by atoms with E-state index >= 15 is 0 Å². The SMILES string of the molecule is CC(NCc1cn[nH]c1-c1cccs1)c1ccc(S(=O)(=O)N(C)C)cc1. The number of hydrogen-bond acceptors (Lipinski definition) is 5. The minimum Gasteiger partial charge on any atom is -0.306 e. The Morgan fingerprint density at radius 2 is 1.96 bits per heavy atom. The molecule has 8 heteroatoms. The van der Waals surface area contributed by atoms with Crippen LogP contribution < -0.4 is 5.32 Å². The topological polar surface area (TPSA) is 78.1 Å². The quantitative estimate of drug-likeness (QED) is 0.649. The molecule has 0 saturated heterocycles. The number of benzene rings is 1. The van der Waals surface area contributed by atoms with Gasteiger partial charge in [0.2, 0.25) is 10.0 Å². The lowest BCUT2D eigenvalue weighted by atomic mass is 10.1. The maximum atomic E-state index is 12.1. The molecule has 0 amide bonds. The Hall–Kier alpha value is -2.00. The number of rotatable bonds is 7. The van der Waals surface area contributed by atoms with Crippen molar-refractivity contribution in [2.75, 3.05) is 14.1 Å². The molecule has 26 heavy (non-hydrogen) atoms. The standard InChI is InChI=1S/C18H22N4O2S2/c1-13(14-6-8-16(9-7-14)26(23,24)22(2)3)19-11-15-12-20-21-18(15)17-5-4-10-25-17/h4-10,12-13,19H,11H2,1-3H3,(H,20,21). The number of aromatic nitrogens is 2. The highest BCUT2D eigenvalue weighted by atomic mass is 32.2. The summed E-state index contributed by atoms with van der Waals surface area (Å²) in [7, 11) is -0.334. The summed E-state index contributed by atoms with van der Waals surface area (Å²) in [5, 5.41) is 12.7. The summed E-state index contributed by atoms with van der Waals surface area (Å²) < 4.78 is 25.5. The van der Waals surface area contributed by atoms with Crippen molar-refractivity contribution >= 4 is 21.4 Å². The van der Waals surface area contributed by atoms with Crippen molar-refractivity contribution in [1.82, 2.24) is 19.8 Å². The fourth-order valence-electron chi connectivity index (χ4n) is 2.60. The van der Waals surface area contributed by atoms with E-state index in [4.69, 9.17) is 0 Å². The van der Waals surface area contributed by atoms with Gasteiger partial charge in [-0.05, 0) is 36.1 Å². The molecule has 6 nitrogen and oxygen atoms in total. The van der Waals surface area contributed by atoms with Crippen LogP contribution in [0.25, 0.3) is 10.6 Å². The molecular weight excluding hydrogens is 368 g/mol. The molecule has 0 radical (unpaired) electrons. The summed E-state index contributed by atoms with van der Waals surface area (Å²) in [6.45, 7) is 2.73. The molecule has 1 atom stereocenters. The molecule has 3 rings (SSSR count). The first-order valence-corrected chi connectivity index (χ1v) is 10.5. The molecule has 0 aliphatic carbocycles. The minimum atomic E-state index is -3.40. The van der Waals surface area contributed by atoms with E-state index in [9.17, 15) is 8.42 Å². The predicted octanol–water partition coefficient (Wildman–Crippen LogP) is 3.24. The van der Waals surface area contributed by atoms with Gasteiger partial charge in [-0.15, -0.1) is 11.3 Å². The molecule has 0 bridgehead atoms. The van der Waals surface area contributed by atoms with Crippen molar-refractivity contribution in [3.8, 4) is 10.6 Å². The largest absolute Gasteiger partial charge is 0.306 e. The first-order chi connectivity index (χ1) is 12.4. The lowest BCUT2D eigenvalue weighted by Gasteiger charge is -2.16. The first kappa shape index (κ1) is 18.8. The van der Waals surface area contributed by atoms with Gasteiger partial charge in [0.1, 0.15) is 0 Å². The summed E-state index contributed by atoms with van der Waals surface area (Å²) >= 11 is 1.67. The number of hydrogen-bond donors (Lipinski definition) is 2. The summed E-state index contributed by atoms with van der Waals surface area (Å²) in [6.07, 6.45) is 1.83. The summed E-state index contributed by atoms with van der Waals surface area (Å²) in [5.41, 5.74) is 3.17. The second kappa shape index (κ2) is 7.71. The highest BCUT2D eigenvalue weighted by Crippen LogP contribution is 2.26. The first-order valence-electron chi connectivity index (χ1n) is 8.21. The van der Waals surface area contributed by atoms with Gasteiger partial charge in [0.15, 0.2) is 0 Å². The van der Waals surface area contributed by atoms with E-state index in [2.05, 4.69) is 28.5 Å². The Morgan fingerprint density at radius 3 is 2.58 bits per heavy atom. The van der Waals surface area contributed by atoms with Crippen LogP contribution in [0.2, 0.25) is 0 Å². The third kappa shape index (κ3) is 3.88. The average molecular weight is 391 g/mol. The smallest absolute Gasteiger partial charge is 0.242 e. The molecule has 0 saturated carbocycles. The Balaban J connectivity index is 1.68. The fourth-order valence-corrected chi connectivity index (χ4v) is 4.26. The van der Waals surface area contributed by atoms with E-state index in [1.165, 1.54) is 18.4 Å². The van der Waals surface area contributed by atoms with Gasteiger partial charge in [-0.25, -0.2) is 12.7 Å². The Kier molecular flexibility index (Phi) is 5.57. The van der Waals surface area contributed by atoms with Crippen LogP contribution in [0.1, 0.15) is 24.1 Å². The van der Waals surface area contributed by atoms with E-state index in [1.54, 1.807) is 23.5 Å². The van der Waals surface area contributed by atoms with Gasteiger partial charge < -0.3 is 5.32 Å². The monoisotopic (exact) mass is 390 g/mol. The van der Waals surface area contributed by atoms with Gasteiger partial charge in [0, 0.05) is 32.2 Å². The number of H-pyrrole nitrogens is 1. The van der Waals surface area contributed by atoms with Crippen LogP contribution >= 0.6 is 11.3 Å². The molecule has 2 aromatic heterocycles. The van der Waals surface area contributed by atoms with Gasteiger partial charge in [0.25, 0.3) is 0 Å². The highest BCUT2D eigenvalue weighted by Gasteiger charge is 2.17. The van der Waals surface area contributed by atoms with Gasteiger partial charge in [-0.2, -0.15) is 5.10 Å². The van der Waals surface area contributed by atoms with Crippen LogP contribution in [-0.4, -0.2) is 37.0 Å². The normalized spacial score (nSPS) is 13.2. The van der Waals surface area contributed by atoms with Gasteiger partial charge in [-0.3, -0.25) is 5.10 Å². The second-order valence-electron chi connectivity index (χ2n) is 6.21. The third-order valence-corrected chi connectivity index (χ3v) is 6.96. The number of nitrogens with one attached hydrogen (secondary N) is 2. The Labute approximate surface area is 157 Å². The summed E-state index contributed by atoms with van der Waals surface area (Å²) in [5.74, 6) is 0. The number of aromatic amines is 1. The van der Waals surface area contributed by atoms with Gasteiger partial charge in [0.05, 0.1) is 21.7 Å². The molecule has 0 aliphatic heterocycles. The second-order valence-corrected chi connectivity index (χ2v) is 9.31. The molecule has 138 valence electrons.